The molecule has 3 rings (SSSR count). The Morgan fingerprint density at radius 1 is 1.54 bits per heavy atom. The van der Waals surface area contributed by atoms with Crippen molar-refractivity contribution in [3.05, 3.63) is 11.9 Å². The van der Waals surface area contributed by atoms with Crippen LogP contribution in [-0.4, -0.2) is 69.0 Å². The molecule has 4 atom stereocenters. The molecule has 1 fully saturated rings. The number of imidazole rings is 1. The monoisotopic (exact) mass is 361 g/mol. The molecule has 0 spiro atoms. The Morgan fingerprint density at radius 3 is 2.75 bits per heavy atom. The number of halogens is 1. The number of nitrogens with two attached hydrogens (primary N) is 1. The van der Waals surface area contributed by atoms with Gasteiger partial charge in [-0.15, -0.1) is 5.10 Å². The molecular formula is C12H16FN5O5S. The highest BCUT2D eigenvalue weighted by Gasteiger charge is 2.55. The highest BCUT2D eigenvalue weighted by Crippen LogP contribution is 2.44. The first-order chi connectivity index (χ1) is 11.1. The Bertz CT molecular complexity index is 899. The summed E-state index contributed by atoms with van der Waals surface area (Å²) in [5.41, 5.74) is 3.51. The molecule has 0 saturated carbocycles. The lowest BCUT2D eigenvalue weighted by Gasteiger charge is -2.23. The van der Waals surface area contributed by atoms with Gasteiger partial charge in [0.15, 0.2) is 17.1 Å². The van der Waals surface area contributed by atoms with E-state index in [0.717, 1.165) is 17.7 Å². The molecule has 0 aliphatic carbocycles. The van der Waals surface area contributed by atoms with Gasteiger partial charge in [0, 0.05) is 6.26 Å². The third-order valence-corrected chi connectivity index (χ3v) is 4.77. The van der Waals surface area contributed by atoms with Crippen molar-refractivity contribution in [1.29, 1.82) is 0 Å². The number of nitrogen functional groups attached to an aromatic ring is 1. The lowest BCUT2D eigenvalue weighted by Crippen LogP contribution is -2.39. The maximum absolute atomic E-state index is 14.9. The van der Waals surface area contributed by atoms with Crippen LogP contribution in [0, 0.1) is 0 Å². The largest absolute Gasteiger partial charge is 0.394 e. The number of ether oxygens (including phenoxy) is 1. The minimum Gasteiger partial charge on any atom is -0.394 e. The Kier molecular flexibility index (Phi) is 3.75. The fourth-order valence-electron chi connectivity index (χ4n) is 2.64. The maximum Gasteiger partial charge on any atom is 0.267 e. The molecule has 3 heterocycles. The molecule has 1 aliphatic heterocycles. The highest BCUT2D eigenvalue weighted by molar-refractivity contribution is 7.90. The minimum atomic E-state index is -3.76. The van der Waals surface area contributed by atoms with Gasteiger partial charge in [0.2, 0.25) is 9.84 Å². The summed E-state index contributed by atoms with van der Waals surface area (Å²) in [4.78, 5) is 7.62. The van der Waals surface area contributed by atoms with Gasteiger partial charge in [0.25, 0.3) is 5.16 Å². The Hall–Kier alpha value is -1.89. The lowest BCUT2D eigenvalue weighted by atomic mass is 9.93. The molecule has 4 N–H and O–H groups in total. The molecule has 0 bridgehead atoms. The molecule has 2 aromatic rings. The van der Waals surface area contributed by atoms with E-state index < -0.39 is 45.6 Å². The van der Waals surface area contributed by atoms with E-state index in [9.17, 15) is 23.0 Å². The average Bonchev–Trinajstić information content (AvgIpc) is 2.99. The second-order valence-electron chi connectivity index (χ2n) is 5.80. The van der Waals surface area contributed by atoms with Crippen LogP contribution in [-0.2, 0) is 14.6 Å². The third-order valence-electron chi connectivity index (χ3n) is 3.93. The van der Waals surface area contributed by atoms with Gasteiger partial charge in [0.05, 0.1) is 18.5 Å². The number of aliphatic hydroxyl groups excluding tert-OH is 2. The minimum absolute atomic E-state index is 0.0266. The highest BCUT2D eigenvalue weighted by atomic mass is 32.2. The van der Waals surface area contributed by atoms with E-state index >= 15 is 0 Å². The van der Waals surface area contributed by atoms with Crippen molar-refractivity contribution in [1.82, 2.24) is 19.6 Å². The van der Waals surface area contributed by atoms with E-state index in [1.165, 1.54) is 6.20 Å². The van der Waals surface area contributed by atoms with Crippen LogP contribution >= 0.6 is 0 Å². The molecule has 0 radical (unpaired) electrons. The Labute approximate surface area is 136 Å². The van der Waals surface area contributed by atoms with Gasteiger partial charge in [-0.2, -0.15) is 4.98 Å². The number of rotatable bonds is 3. The van der Waals surface area contributed by atoms with Gasteiger partial charge in [-0.05, 0) is 6.92 Å². The summed E-state index contributed by atoms with van der Waals surface area (Å²) >= 11 is 0. The van der Waals surface area contributed by atoms with E-state index in [4.69, 9.17) is 10.5 Å². The van der Waals surface area contributed by atoms with Crippen molar-refractivity contribution in [2.75, 3.05) is 18.6 Å². The second-order valence-corrected chi connectivity index (χ2v) is 7.71. The van der Waals surface area contributed by atoms with Gasteiger partial charge >= 0.3 is 0 Å². The third kappa shape index (κ3) is 2.42. The number of aromatic nitrogens is 4. The van der Waals surface area contributed by atoms with Crippen LogP contribution in [0.15, 0.2) is 11.4 Å². The van der Waals surface area contributed by atoms with E-state index in [1.807, 2.05) is 0 Å². The summed E-state index contributed by atoms with van der Waals surface area (Å²) in [7, 11) is -3.76. The number of aliphatic hydroxyl groups is 2. The average molecular weight is 361 g/mol. The maximum atomic E-state index is 14.9. The molecule has 1 saturated heterocycles. The Morgan fingerprint density at radius 2 is 2.21 bits per heavy atom. The van der Waals surface area contributed by atoms with Crippen molar-refractivity contribution < 1.29 is 27.8 Å². The van der Waals surface area contributed by atoms with Gasteiger partial charge in [-0.1, -0.05) is 0 Å². The summed E-state index contributed by atoms with van der Waals surface area (Å²) in [5, 5.41) is 22.4. The van der Waals surface area contributed by atoms with E-state index in [1.54, 1.807) is 0 Å². The number of nitrogens with zero attached hydrogens (tertiary/aromatic N) is 4. The van der Waals surface area contributed by atoms with Crippen molar-refractivity contribution in [2.45, 2.75) is 36.1 Å². The van der Waals surface area contributed by atoms with E-state index in [-0.39, 0.29) is 17.2 Å². The van der Waals surface area contributed by atoms with Crippen LogP contribution in [0.3, 0.4) is 0 Å². The van der Waals surface area contributed by atoms with Crippen LogP contribution in [0.5, 0.6) is 0 Å². The molecule has 132 valence electrons. The number of sulfone groups is 1. The zero-order valence-electron chi connectivity index (χ0n) is 12.8. The number of alkyl halides is 1. The quantitative estimate of drug-likeness (QED) is 0.601. The molecule has 1 unspecified atom stereocenters. The summed E-state index contributed by atoms with van der Waals surface area (Å²) < 4.78 is 44.6. The van der Waals surface area contributed by atoms with Crippen LogP contribution in [0.4, 0.5) is 10.2 Å². The van der Waals surface area contributed by atoms with Crippen LogP contribution in [0.1, 0.15) is 18.7 Å². The summed E-state index contributed by atoms with van der Waals surface area (Å²) in [6.45, 7) is 0.527. The number of hydrogen-bond acceptors (Lipinski definition) is 9. The second kappa shape index (κ2) is 5.31. The van der Waals surface area contributed by atoms with Crippen molar-refractivity contribution >= 4 is 21.3 Å². The van der Waals surface area contributed by atoms with E-state index in [0.29, 0.717) is 0 Å². The van der Waals surface area contributed by atoms with E-state index in [2.05, 4.69) is 15.1 Å². The number of anilines is 1. The first-order valence-electron chi connectivity index (χ1n) is 6.92. The van der Waals surface area contributed by atoms with Gasteiger partial charge in [0.1, 0.15) is 18.3 Å². The van der Waals surface area contributed by atoms with Crippen molar-refractivity contribution in [3.8, 4) is 0 Å². The lowest BCUT2D eigenvalue weighted by molar-refractivity contribution is -0.0249. The van der Waals surface area contributed by atoms with Crippen molar-refractivity contribution in [3.63, 3.8) is 0 Å². The normalized spacial score (nSPS) is 31.0. The molecule has 24 heavy (non-hydrogen) atoms. The van der Waals surface area contributed by atoms with Gasteiger partial charge in [-0.3, -0.25) is 0 Å². The molecule has 0 aromatic carbocycles. The summed E-state index contributed by atoms with van der Waals surface area (Å²) in [6, 6.07) is 0. The van der Waals surface area contributed by atoms with Crippen molar-refractivity contribution in [2.24, 2.45) is 0 Å². The molecule has 12 heteroatoms. The van der Waals surface area contributed by atoms with Gasteiger partial charge in [-0.25, -0.2) is 22.3 Å². The molecule has 10 nitrogen and oxygen atoms in total. The fourth-order valence-corrected chi connectivity index (χ4v) is 3.13. The summed E-state index contributed by atoms with van der Waals surface area (Å²) in [6.07, 6.45) is -1.93. The van der Waals surface area contributed by atoms with Crippen LogP contribution < -0.4 is 5.73 Å². The predicted molar refractivity (Wildman–Crippen MR) is 78.5 cm³/mol. The number of fused-ring (bicyclic) bond motifs is 1. The topological polar surface area (TPSA) is 153 Å². The van der Waals surface area contributed by atoms with Gasteiger partial charge < -0.3 is 20.7 Å². The molecular weight excluding hydrogens is 345 g/mol. The predicted octanol–water partition coefficient (Wildman–Crippen LogP) is -1.37. The SMILES string of the molecule is C[C@]1(F)C(c2cnc3c(N)nc(S(C)(=O)=O)nn23)O[C@H](CO)[C@H]1O. The standard InChI is InChI=1S/C12H16FN5O5S/c1-12(13)7(20)6(4-19)23-8(12)5-3-15-10-9(14)16-11(17-18(5)10)24(2,21)22/h3,6-8,19-20H,4H2,1-2H3,(H2,14,16,17)/t6-,7-,8?,12-/m1/s1. The van der Waals surface area contributed by atoms with Crippen LogP contribution in [0.2, 0.25) is 0 Å². The zero-order valence-corrected chi connectivity index (χ0v) is 13.6. The molecule has 1 aliphatic rings. The molecule has 0 amide bonds. The smallest absolute Gasteiger partial charge is 0.267 e. The first-order valence-corrected chi connectivity index (χ1v) is 8.81. The Balaban J connectivity index is 2.19. The first kappa shape index (κ1) is 17.0. The molecule has 2 aromatic heterocycles. The number of hydrogen-bond donors (Lipinski definition) is 3. The van der Waals surface area contributed by atoms with Crippen LogP contribution in [0.25, 0.3) is 5.65 Å². The summed E-state index contributed by atoms with van der Waals surface area (Å²) in [5.74, 6) is -0.200. The zero-order chi connectivity index (χ0) is 17.9. The fraction of sp³-hybridized carbons (Fsp3) is 0.583.